The van der Waals surface area contributed by atoms with E-state index in [4.69, 9.17) is 11.6 Å². The predicted molar refractivity (Wildman–Crippen MR) is 113 cm³/mol. The van der Waals surface area contributed by atoms with Gasteiger partial charge in [-0.2, -0.15) is 0 Å². The minimum Gasteiger partial charge on any atom is -0.368 e. The van der Waals surface area contributed by atoms with Crippen LogP contribution in [0, 0.1) is 5.82 Å². The monoisotopic (exact) mass is 439 g/mol. The molecule has 0 saturated carbocycles. The topological polar surface area (TPSA) is 60.9 Å². The Labute approximate surface area is 175 Å². The zero-order chi connectivity index (χ0) is 21.2. The molecular weight excluding hydrogens is 417 g/mol. The van der Waals surface area contributed by atoms with E-state index in [1.54, 1.807) is 48.2 Å². The average molecular weight is 440 g/mol. The first-order chi connectivity index (χ1) is 13.7. The third-order valence-corrected chi connectivity index (χ3v) is 6.42. The van der Waals surface area contributed by atoms with E-state index < -0.39 is 16.1 Å². The molecule has 6 nitrogen and oxygen atoms in total. The lowest BCUT2D eigenvalue weighted by Crippen LogP contribution is -2.55. The maximum absolute atomic E-state index is 13.1. The van der Waals surface area contributed by atoms with Gasteiger partial charge in [-0.25, -0.2) is 12.8 Å². The lowest BCUT2D eigenvalue weighted by Gasteiger charge is -2.39. The fourth-order valence-corrected chi connectivity index (χ4v) is 4.79. The number of piperazine rings is 1. The Hall–Kier alpha value is -2.32. The third-order valence-electron chi connectivity index (χ3n) is 4.93. The number of anilines is 2. The second-order valence-electron chi connectivity index (χ2n) is 7.00. The molecule has 1 amide bonds. The highest BCUT2D eigenvalue weighted by atomic mass is 35.5. The van der Waals surface area contributed by atoms with Crippen LogP contribution in [0.25, 0.3) is 0 Å². The molecule has 0 N–H and O–H groups in total. The molecule has 2 aromatic rings. The van der Waals surface area contributed by atoms with E-state index in [2.05, 4.69) is 4.90 Å². The molecule has 1 saturated heterocycles. The fourth-order valence-electron chi connectivity index (χ4n) is 3.49. The Balaban J connectivity index is 1.71. The predicted octanol–water partition coefficient (Wildman–Crippen LogP) is 2.98. The molecule has 1 aliphatic heterocycles. The summed E-state index contributed by atoms with van der Waals surface area (Å²) in [5.41, 5.74) is 1.29. The SMILES string of the molecule is C[C@@H](C(=O)N1CCN(c2ccc(F)cc2)CC1)N(c1ccc(Cl)cc1)S(C)(=O)=O. The molecule has 29 heavy (non-hydrogen) atoms. The first-order valence-electron chi connectivity index (χ1n) is 9.21. The van der Waals surface area contributed by atoms with Gasteiger partial charge in [0.05, 0.1) is 11.9 Å². The molecule has 1 atom stereocenters. The molecule has 2 aromatic carbocycles. The van der Waals surface area contributed by atoms with Crippen molar-refractivity contribution in [1.29, 1.82) is 0 Å². The van der Waals surface area contributed by atoms with E-state index in [1.165, 1.54) is 12.1 Å². The van der Waals surface area contributed by atoms with Gasteiger partial charge >= 0.3 is 0 Å². The van der Waals surface area contributed by atoms with E-state index in [9.17, 15) is 17.6 Å². The highest BCUT2D eigenvalue weighted by Gasteiger charge is 2.33. The molecule has 1 heterocycles. The number of rotatable bonds is 5. The van der Waals surface area contributed by atoms with Crippen molar-refractivity contribution in [3.8, 4) is 0 Å². The molecule has 9 heteroatoms. The van der Waals surface area contributed by atoms with Crippen LogP contribution >= 0.6 is 11.6 Å². The van der Waals surface area contributed by atoms with E-state index in [0.717, 1.165) is 16.2 Å². The third kappa shape index (κ3) is 5.00. The van der Waals surface area contributed by atoms with Gasteiger partial charge in [0.25, 0.3) is 0 Å². The Bertz CT molecular complexity index is 959. The highest BCUT2D eigenvalue weighted by Crippen LogP contribution is 2.24. The smallest absolute Gasteiger partial charge is 0.246 e. The summed E-state index contributed by atoms with van der Waals surface area (Å²) in [5.74, 6) is -0.552. The van der Waals surface area contributed by atoms with Crippen LogP contribution in [0.4, 0.5) is 15.8 Å². The minimum absolute atomic E-state index is 0.260. The van der Waals surface area contributed by atoms with Gasteiger partial charge in [0.1, 0.15) is 11.9 Å². The van der Waals surface area contributed by atoms with Crippen molar-refractivity contribution in [3.63, 3.8) is 0 Å². The number of nitrogens with zero attached hydrogens (tertiary/aromatic N) is 3. The van der Waals surface area contributed by atoms with Crippen molar-refractivity contribution in [2.45, 2.75) is 13.0 Å². The van der Waals surface area contributed by atoms with Gasteiger partial charge in [0.15, 0.2) is 0 Å². The molecule has 3 rings (SSSR count). The van der Waals surface area contributed by atoms with Crippen LogP contribution in [0.15, 0.2) is 48.5 Å². The van der Waals surface area contributed by atoms with Gasteiger partial charge in [-0.1, -0.05) is 11.6 Å². The van der Waals surface area contributed by atoms with Crippen LogP contribution in [0.2, 0.25) is 5.02 Å². The van der Waals surface area contributed by atoms with Crippen LogP contribution in [0.3, 0.4) is 0 Å². The Morgan fingerprint density at radius 2 is 1.59 bits per heavy atom. The standard InChI is InChI=1S/C20H23ClFN3O3S/c1-15(25(29(2,27)28)19-7-3-16(21)4-8-19)20(26)24-13-11-23(12-14-24)18-9-5-17(22)6-10-18/h3-10,15H,11-14H2,1-2H3/t15-/m0/s1. The summed E-state index contributed by atoms with van der Waals surface area (Å²) in [4.78, 5) is 16.8. The molecule has 156 valence electrons. The van der Waals surface area contributed by atoms with Crippen LogP contribution in [-0.4, -0.2) is 57.7 Å². The van der Waals surface area contributed by atoms with Crippen LogP contribution in [0.5, 0.6) is 0 Å². The summed E-state index contributed by atoms with van der Waals surface area (Å²) in [6.45, 7) is 3.68. The maximum atomic E-state index is 13.1. The van der Waals surface area contributed by atoms with E-state index >= 15 is 0 Å². The summed E-state index contributed by atoms with van der Waals surface area (Å²) >= 11 is 5.90. The number of hydrogen-bond acceptors (Lipinski definition) is 4. The highest BCUT2D eigenvalue weighted by molar-refractivity contribution is 7.92. The summed E-state index contributed by atoms with van der Waals surface area (Å²) < 4.78 is 39.0. The molecule has 1 fully saturated rings. The zero-order valence-corrected chi connectivity index (χ0v) is 17.8. The number of hydrogen-bond donors (Lipinski definition) is 0. The minimum atomic E-state index is -3.67. The van der Waals surface area contributed by atoms with E-state index in [1.807, 2.05) is 0 Å². The van der Waals surface area contributed by atoms with Crippen molar-refractivity contribution >= 4 is 38.9 Å². The van der Waals surface area contributed by atoms with E-state index in [0.29, 0.717) is 36.9 Å². The van der Waals surface area contributed by atoms with Crippen LogP contribution < -0.4 is 9.21 Å². The van der Waals surface area contributed by atoms with Crippen molar-refractivity contribution in [2.75, 3.05) is 41.6 Å². The van der Waals surface area contributed by atoms with E-state index in [-0.39, 0.29) is 11.7 Å². The number of carbonyl (C=O) groups is 1. The summed E-state index contributed by atoms with van der Waals surface area (Å²) in [6, 6.07) is 11.7. The van der Waals surface area contributed by atoms with Gasteiger partial charge in [0.2, 0.25) is 15.9 Å². The largest absolute Gasteiger partial charge is 0.368 e. The van der Waals surface area contributed by atoms with Crippen molar-refractivity contribution in [3.05, 3.63) is 59.4 Å². The molecular formula is C20H23ClFN3O3S. The molecule has 0 spiro atoms. The number of sulfonamides is 1. The maximum Gasteiger partial charge on any atom is 0.246 e. The van der Waals surface area contributed by atoms with Crippen LogP contribution in [-0.2, 0) is 14.8 Å². The summed E-state index contributed by atoms with van der Waals surface area (Å²) in [7, 11) is -3.67. The molecule has 0 aromatic heterocycles. The zero-order valence-electron chi connectivity index (χ0n) is 16.3. The number of amides is 1. The Morgan fingerprint density at radius 1 is 1.03 bits per heavy atom. The summed E-state index contributed by atoms with van der Waals surface area (Å²) in [6.07, 6.45) is 1.08. The molecule has 0 unspecified atom stereocenters. The first kappa shape index (κ1) is 21.4. The van der Waals surface area contributed by atoms with Gasteiger partial charge < -0.3 is 9.80 Å². The van der Waals surface area contributed by atoms with Crippen molar-refractivity contribution in [1.82, 2.24) is 4.90 Å². The van der Waals surface area contributed by atoms with Gasteiger partial charge in [-0.05, 0) is 55.5 Å². The molecule has 0 aliphatic carbocycles. The Morgan fingerprint density at radius 3 is 2.10 bits per heavy atom. The second kappa shape index (κ2) is 8.59. The van der Waals surface area contributed by atoms with Crippen molar-refractivity contribution < 1.29 is 17.6 Å². The lowest BCUT2D eigenvalue weighted by molar-refractivity contribution is -0.132. The summed E-state index contributed by atoms with van der Waals surface area (Å²) in [5, 5.41) is 0.484. The van der Waals surface area contributed by atoms with Crippen LogP contribution in [0.1, 0.15) is 6.92 Å². The quantitative estimate of drug-likeness (QED) is 0.718. The molecule has 0 radical (unpaired) electrons. The number of halogens is 2. The second-order valence-corrected chi connectivity index (χ2v) is 9.30. The average Bonchev–Trinajstić information content (AvgIpc) is 2.69. The normalized spacial score (nSPS) is 15.9. The first-order valence-corrected chi connectivity index (χ1v) is 11.4. The van der Waals surface area contributed by atoms with Gasteiger partial charge in [-0.3, -0.25) is 9.10 Å². The van der Waals surface area contributed by atoms with Crippen molar-refractivity contribution in [2.24, 2.45) is 0 Å². The molecule has 1 aliphatic rings. The van der Waals surface area contributed by atoms with Gasteiger partial charge in [0, 0.05) is 36.9 Å². The number of carbonyl (C=O) groups excluding carboxylic acids is 1. The lowest BCUT2D eigenvalue weighted by atomic mass is 10.2. The fraction of sp³-hybridized carbons (Fsp3) is 0.350. The Kier molecular flexibility index (Phi) is 6.33. The van der Waals surface area contributed by atoms with Gasteiger partial charge in [-0.15, -0.1) is 0 Å². The number of benzene rings is 2. The molecule has 0 bridgehead atoms.